The lowest BCUT2D eigenvalue weighted by atomic mass is 10.4. The van der Waals surface area contributed by atoms with Gasteiger partial charge in [0.1, 0.15) is 0 Å². The molecular formula is C7H8BrNS3-2. The maximum absolute atomic E-state index is 4.93. The van der Waals surface area contributed by atoms with Crippen molar-refractivity contribution >= 4 is 52.5 Å². The van der Waals surface area contributed by atoms with Crippen molar-refractivity contribution in [1.82, 2.24) is 4.90 Å². The van der Waals surface area contributed by atoms with E-state index in [0.29, 0.717) is 11.8 Å². The Hall–Kier alpha value is 0.840. The molecule has 0 saturated carbocycles. The zero-order valence-electron chi connectivity index (χ0n) is 6.33. The van der Waals surface area contributed by atoms with Gasteiger partial charge < -0.3 is 30.2 Å². The number of thiophene rings is 1. The van der Waals surface area contributed by atoms with Crippen molar-refractivity contribution in [2.75, 3.05) is 11.8 Å². The van der Waals surface area contributed by atoms with Gasteiger partial charge in [0.05, 0.1) is 3.79 Å². The van der Waals surface area contributed by atoms with Crippen LogP contribution in [0.25, 0.3) is 0 Å². The highest BCUT2D eigenvalue weighted by atomic mass is 79.9. The molecule has 12 heavy (non-hydrogen) atoms. The molecule has 1 aromatic rings. The van der Waals surface area contributed by atoms with E-state index in [0.717, 1.165) is 10.3 Å². The third-order valence-electron chi connectivity index (χ3n) is 1.37. The Bertz CT molecular complexity index is 234. The zero-order valence-corrected chi connectivity index (χ0v) is 10.4. The van der Waals surface area contributed by atoms with E-state index in [1.54, 1.807) is 11.3 Å². The second kappa shape index (κ2) is 5.54. The maximum atomic E-state index is 4.93. The summed E-state index contributed by atoms with van der Waals surface area (Å²) in [6, 6.07) is 4.14. The summed E-state index contributed by atoms with van der Waals surface area (Å²) in [5, 5.41) is 0. The van der Waals surface area contributed by atoms with Crippen LogP contribution in [0.3, 0.4) is 0 Å². The fourth-order valence-corrected chi connectivity index (χ4v) is 2.79. The van der Waals surface area contributed by atoms with Gasteiger partial charge in [0, 0.05) is 11.4 Å². The van der Waals surface area contributed by atoms with Crippen LogP contribution < -0.4 is 0 Å². The molecule has 0 N–H and O–H groups in total. The first-order valence-electron chi connectivity index (χ1n) is 3.39. The highest BCUT2D eigenvalue weighted by molar-refractivity contribution is 9.11. The van der Waals surface area contributed by atoms with E-state index in [1.807, 2.05) is 11.0 Å². The Kier molecular flexibility index (Phi) is 5.04. The van der Waals surface area contributed by atoms with E-state index in [2.05, 4.69) is 22.0 Å². The summed E-state index contributed by atoms with van der Waals surface area (Å²) in [7, 11) is 0. The number of hydrogen-bond donors (Lipinski definition) is 0. The van der Waals surface area contributed by atoms with Crippen molar-refractivity contribution in [3.63, 3.8) is 0 Å². The highest BCUT2D eigenvalue weighted by Crippen LogP contribution is 2.22. The molecule has 0 aromatic carbocycles. The van der Waals surface area contributed by atoms with Crippen LogP contribution >= 0.6 is 27.3 Å². The molecule has 0 saturated heterocycles. The van der Waals surface area contributed by atoms with Gasteiger partial charge in [-0.05, 0) is 28.1 Å². The van der Waals surface area contributed by atoms with Gasteiger partial charge in [-0.2, -0.15) is 0 Å². The van der Waals surface area contributed by atoms with Gasteiger partial charge >= 0.3 is 0 Å². The van der Waals surface area contributed by atoms with E-state index in [1.165, 1.54) is 4.88 Å². The van der Waals surface area contributed by atoms with Crippen LogP contribution in [0.2, 0.25) is 0 Å². The lowest BCUT2D eigenvalue weighted by Crippen LogP contribution is -2.22. The Morgan fingerprint density at radius 2 is 2.00 bits per heavy atom. The van der Waals surface area contributed by atoms with E-state index >= 15 is 0 Å². The molecular weight excluding hydrogens is 274 g/mol. The quantitative estimate of drug-likeness (QED) is 0.780. The van der Waals surface area contributed by atoms with Crippen LogP contribution in [0, 0.1) is 0 Å². The van der Waals surface area contributed by atoms with Crippen molar-refractivity contribution in [2.45, 2.75) is 6.54 Å². The van der Waals surface area contributed by atoms with E-state index < -0.39 is 0 Å². The molecule has 0 spiro atoms. The molecule has 0 aliphatic rings. The fourth-order valence-electron chi connectivity index (χ4n) is 0.786. The summed E-state index contributed by atoms with van der Waals surface area (Å²) >= 11 is 15.0. The van der Waals surface area contributed by atoms with Crippen molar-refractivity contribution in [1.29, 1.82) is 0 Å². The largest absolute Gasteiger partial charge is 0.777 e. The predicted molar refractivity (Wildman–Crippen MR) is 62.0 cm³/mol. The Morgan fingerprint density at radius 1 is 1.33 bits per heavy atom. The molecule has 0 aliphatic carbocycles. The second-order valence-electron chi connectivity index (χ2n) is 2.29. The lowest BCUT2D eigenvalue weighted by molar-refractivity contribution is 0.375. The first kappa shape index (κ1) is 10.9. The summed E-state index contributed by atoms with van der Waals surface area (Å²) in [6.07, 6.45) is 0. The minimum Gasteiger partial charge on any atom is -0.777 e. The van der Waals surface area contributed by atoms with E-state index in [4.69, 9.17) is 25.3 Å². The number of halogens is 1. The van der Waals surface area contributed by atoms with Crippen molar-refractivity contribution < 1.29 is 0 Å². The topological polar surface area (TPSA) is 3.24 Å². The Labute approximate surface area is 96.1 Å². The molecule has 1 aromatic heterocycles. The average molecular weight is 282 g/mol. The van der Waals surface area contributed by atoms with Crippen LogP contribution in [0.4, 0.5) is 0 Å². The monoisotopic (exact) mass is 281 g/mol. The second-order valence-corrected chi connectivity index (χ2v) is 5.36. The molecule has 1 nitrogen and oxygen atoms in total. The standard InChI is InChI=1S/C7H10BrNS3/c8-7-2-1-6(12-7)3-9(4-10)5-11/h1-2,10-11H,3-5H2/p-2. The Morgan fingerprint density at radius 3 is 2.42 bits per heavy atom. The minimum absolute atomic E-state index is 0.610. The van der Waals surface area contributed by atoms with Crippen molar-refractivity contribution in [3.8, 4) is 0 Å². The smallest absolute Gasteiger partial charge is 0.0701 e. The van der Waals surface area contributed by atoms with E-state index in [-0.39, 0.29) is 0 Å². The first-order valence-corrected chi connectivity index (χ1v) is 6.15. The SMILES string of the molecule is [S-]CN(C[S-])Cc1ccc(Br)s1. The fraction of sp³-hybridized carbons (Fsp3) is 0.429. The van der Waals surface area contributed by atoms with Crippen LogP contribution in [-0.2, 0) is 31.8 Å². The lowest BCUT2D eigenvalue weighted by Gasteiger charge is -2.28. The molecule has 1 heterocycles. The molecule has 0 unspecified atom stereocenters. The summed E-state index contributed by atoms with van der Waals surface area (Å²) in [5.41, 5.74) is 0. The number of hydrogen-bond acceptors (Lipinski definition) is 4. The minimum atomic E-state index is 0.610. The average Bonchev–Trinajstić information content (AvgIpc) is 2.47. The van der Waals surface area contributed by atoms with Crippen molar-refractivity contribution in [3.05, 3.63) is 20.8 Å². The molecule has 68 valence electrons. The molecule has 0 fully saturated rings. The van der Waals surface area contributed by atoms with E-state index in [9.17, 15) is 0 Å². The van der Waals surface area contributed by atoms with Crippen LogP contribution in [0.1, 0.15) is 4.88 Å². The summed E-state index contributed by atoms with van der Waals surface area (Å²) in [5.74, 6) is 1.22. The third kappa shape index (κ3) is 3.30. The molecule has 0 bridgehead atoms. The van der Waals surface area contributed by atoms with Gasteiger partial charge in [-0.25, -0.2) is 0 Å². The molecule has 0 radical (unpaired) electrons. The van der Waals surface area contributed by atoms with Gasteiger partial charge in [-0.3, -0.25) is 0 Å². The third-order valence-corrected chi connectivity index (χ3v) is 3.71. The van der Waals surface area contributed by atoms with Crippen LogP contribution in [0.15, 0.2) is 15.9 Å². The molecule has 5 heteroatoms. The van der Waals surface area contributed by atoms with Gasteiger partial charge in [0.15, 0.2) is 0 Å². The zero-order chi connectivity index (χ0) is 8.97. The summed E-state index contributed by atoms with van der Waals surface area (Å²) < 4.78 is 1.16. The maximum Gasteiger partial charge on any atom is 0.0701 e. The molecule has 0 atom stereocenters. The number of rotatable bonds is 4. The van der Waals surface area contributed by atoms with Gasteiger partial charge in [0.2, 0.25) is 0 Å². The summed E-state index contributed by atoms with van der Waals surface area (Å²) in [4.78, 5) is 3.35. The van der Waals surface area contributed by atoms with Gasteiger partial charge in [-0.1, -0.05) is 0 Å². The Balaban J connectivity index is 2.50. The molecule has 0 amide bonds. The van der Waals surface area contributed by atoms with Gasteiger partial charge in [0.25, 0.3) is 0 Å². The molecule has 0 aliphatic heterocycles. The van der Waals surface area contributed by atoms with Gasteiger partial charge in [-0.15, -0.1) is 23.1 Å². The normalized spacial score (nSPS) is 11.0. The highest BCUT2D eigenvalue weighted by Gasteiger charge is 1.98. The predicted octanol–water partition coefficient (Wildman–Crippen LogP) is 2.32. The van der Waals surface area contributed by atoms with Crippen LogP contribution in [0.5, 0.6) is 0 Å². The number of nitrogens with zero attached hydrogens (tertiary/aromatic N) is 1. The first-order chi connectivity index (χ1) is 5.76. The molecule has 1 rings (SSSR count). The van der Waals surface area contributed by atoms with Crippen LogP contribution in [-0.4, -0.2) is 16.7 Å². The van der Waals surface area contributed by atoms with Crippen molar-refractivity contribution in [2.24, 2.45) is 0 Å². The summed E-state index contributed by atoms with van der Waals surface area (Å²) in [6.45, 7) is 0.878.